The Bertz CT molecular complexity index is 684. The minimum Gasteiger partial charge on any atom is -0.381 e. The van der Waals surface area contributed by atoms with Gasteiger partial charge in [-0.1, -0.05) is 6.07 Å². The Balaban J connectivity index is 0.000000186. The predicted molar refractivity (Wildman–Crippen MR) is 104 cm³/mol. The molecule has 2 N–H and O–H groups in total. The molecule has 3 aliphatic heterocycles. The Morgan fingerprint density at radius 3 is 2.41 bits per heavy atom. The maximum absolute atomic E-state index is 12.6. The van der Waals surface area contributed by atoms with Crippen molar-refractivity contribution in [3.8, 4) is 0 Å². The molecule has 0 spiro atoms. The van der Waals surface area contributed by atoms with Crippen molar-refractivity contribution < 1.29 is 22.7 Å². The zero-order valence-corrected chi connectivity index (χ0v) is 16.7. The van der Waals surface area contributed by atoms with Crippen LogP contribution in [0.1, 0.15) is 42.4 Å². The van der Waals surface area contributed by atoms with Gasteiger partial charge in [-0.05, 0) is 68.5 Å². The number of likely N-dealkylation sites (tertiary alicyclic amines) is 1. The summed E-state index contributed by atoms with van der Waals surface area (Å²) in [5.74, 6) is -0.467. The number of nitrogens with zero attached hydrogens (tertiary/aromatic N) is 2. The standard InChI is InChI=1S/C12H13F3N2O.C9H17NO/c13-12(14,15)10-2-1-8-3-4-17(7-11(16)18)6-9(8)5-10;1-2-6-10(5-1)9-3-7-11-8-4-9/h1-2,5H,3-4,6-7H2,(H2,16,18);9H,1-8H2. The quantitative estimate of drug-likeness (QED) is 0.828. The lowest BCUT2D eigenvalue weighted by Gasteiger charge is -2.30. The lowest BCUT2D eigenvalue weighted by atomic mass is 9.97. The van der Waals surface area contributed by atoms with Crippen molar-refractivity contribution in [3.05, 3.63) is 34.9 Å². The second-order valence-electron chi connectivity index (χ2n) is 7.99. The summed E-state index contributed by atoms with van der Waals surface area (Å²) in [6.07, 6.45) is 1.66. The van der Waals surface area contributed by atoms with Gasteiger partial charge in [-0.15, -0.1) is 0 Å². The zero-order chi connectivity index (χ0) is 20.9. The number of nitrogens with two attached hydrogens (primary N) is 1. The van der Waals surface area contributed by atoms with E-state index in [0.717, 1.165) is 37.0 Å². The van der Waals surface area contributed by atoms with Crippen LogP contribution < -0.4 is 5.73 Å². The fourth-order valence-electron chi connectivity index (χ4n) is 4.30. The Morgan fingerprint density at radius 2 is 1.79 bits per heavy atom. The Hall–Kier alpha value is -1.64. The molecule has 0 radical (unpaired) electrons. The first-order valence-electron chi connectivity index (χ1n) is 10.3. The highest BCUT2D eigenvalue weighted by molar-refractivity contribution is 5.75. The van der Waals surface area contributed by atoms with Gasteiger partial charge in [0.05, 0.1) is 12.1 Å². The smallest absolute Gasteiger partial charge is 0.381 e. The second-order valence-corrected chi connectivity index (χ2v) is 7.99. The molecule has 2 fully saturated rings. The van der Waals surface area contributed by atoms with E-state index in [4.69, 9.17) is 10.5 Å². The van der Waals surface area contributed by atoms with Crippen LogP contribution in [0, 0.1) is 0 Å². The van der Waals surface area contributed by atoms with E-state index in [-0.39, 0.29) is 6.54 Å². The van der Waals surface area contributed by atoms with Gasteiger partial charge in [0.2, 0.25) is 5.91 Å². The summed E-state index contributed by atoms with van der Waals surface area (Å²) >= 11 is 0. The van der Waals surface area contributed by atoms with E-state index in [1.165, 1.54) is 44.8 Å². The van der Waals surface area contributed by atoms with Crippen LogP contribution in [0.15, 0.2) is 18.2 Å². The van der Waals surface area contributed by atoms with Gasteiger partial charge in [0.25, 0.3) is 0 Å². The molecule has 3 aliphatic rings. The molecule has 4 rings (SSSR count). The Morgan fingerprint density at radius 1 is 1.10 bits per heavy atom. The number of primary amides is 1. The number of amides is 1. The molecule has 162 valence electrons. The summed E-state index contributed by atoms with van der Waals surface area (Å²) in [4.78, 5) is 15.2. The van der Waals surface area contributed by atoms with E-state index < -0.39 is 17.6 Å². The van der Waals surface area contributed by atoms with Crippen LogP contribution in [-0.2, 0) is 28.7 Å². The zero-order valence-electron chi connectivity index (χ0n) is 16.7. The number of fused-ring (bicyclic) bond motifs is 1. The van der Waals surface area contributed by atoms with Crippen molar-refractivity contribution in [2.75, 3.05) is 39.4 Å². The fourth-order valence-corrected chi connectivity index (χ4v) is 4.30. The first-order chi connectivity index (χ1) is 13.8. The molecule has 29 heavy (non-hydrogen) atoms. The summed E-state index contributed by atoms with van der Waals surface area (Å²) in [5.41, 5.74) is 5.96. The number of alkyl halides is 3. The molecular weight excluding hydrogens is 383 g/mol. The lowest BCUT2D eigenvalue weighted by molar-refractivity contribution is -0.137. The number of ether oxygens (including phenoxy) is 1. The third kappa shape index (κ3) is 6.42. The van der Waals surface area contributed by atoms with Gasteiger partial charge in [-0.2, -0.15) is 13.2 Å². The highest BCUT2D eigenvalue weighted by Crippen LogP contribution is 2.32. The summed E-state index contributed by atoms with van der Waals surface area (Å²) in [7, 11) is 0. The van der Waals surface area contributed by atoms with Gasteiger partial charge >= 0.3 is 6.18 Å². The molecule has 0 aliphatic carbocycles. The number of carbonyl (C=O) groups is 1. The van der Waals surface area contributed by atoms with Crippen LogP contribution in [0.4, 0.5) is 13.2 Å². The van der Waals surface area contributed by atoms with E-state index in [9.17, 15) is 18.0 Å². The number of rotatable bonds is 3. The lowest BCUT2D eigenvalue weighted by Crippen LogP contribution is -2.37. The molecule has 1 aromatic rings. The van der Waals surface area contributed by atoms with Gasteiger partial charge in [0.15, 0.2) is 0 Å². The van der Waals surface area contributed by atoms with E-state index in [2.05, 4.69) is 4.90 Å². The van der Waals surface area contributed by atoms with Gasteiger partial charge < -0.3 is 15.4 Å². The number of carbonyl (C=O) groups excluding carboxylic acids is 1. The SMILES string of the molecule is C1CCN(C2CCOCC2)C1.NC(=O)CN1CCc2ccc(C(F)(F)F)cc2C1. The number of benzene rings is 1. The van der Waals surface area contributed by atoms with Crippen molar-refractivity contribution >= 4 is 5.91 Å². The van der Waals surface area contributed by atoms with Gasteiger partial charge in [-0.3, -0.25) is 9.69 Å². The Labute approximate surface area is 170 Å². The van der Waals surface area contributed by atoms with Gasteiger partial charge in [-0.25, -0.2) is 0 Å². The summed E-state index contributed by atoms with van der Waals surface area (Å²) in [6, 6.07) is 4.62. The van der Waals surface area contributed by atoms with Crippen LogP contribution in [0.5, 0.6) is 0 Å². The van der Waals surface area contributed by atoms with E-state index in [0.29, 0.717) is 25.1 Å². The maximum atomic E-state index is 12.6. The van der Waals surface area contributed by atoms with E-state index in [1.807, 2.05) is 0 Å². The molecule has 2 saturated heterocycles. The first kappa shape index (κ1) is 22.1. The molecule has 0 atom stereocenters. The predicted octanol–water partition coefficient (Wildman–Crippen LogP) is 2.81. The van der Waals surface area contributed by atoms with Crippen molar-refractivity contribution in [3.63, 3.8) is 0 Å². The van der Waals surface area contributed by atoms with Crippen molar-refractivity contribution in [2.24, 2.45) is 5.73 Å². The molecular formula is C21H30F3N3O2. The normalized spacial score (nSPS) is 21.3. The molecule has 0 aromatic heterocycles. The van der Waals surface area contributed by atoms with Crippen LogP contribution in [0.25, 0.3) is 0 Å². The third-order valence-electron chi connectivity index (χ3n) is 5.85. The molecule has 8 heteroatoms. The maximum Gasteiger partial charge on any atom is 0.416 e. The summed E-state index contributed by atoms with van der Waals surface area (Å²) in [6.45, 7) is 5.71. The number of halogens is 3. The molecule has 0 unspecified atom stereocenters. The van der Waals surface area contributed by atoms with Crippen molar-refractivity contribution in [1.29, 1.82) is 0 Å². The average molecular weight is 413 g/mol. The molecule has 0 saturated carbocycles. The minimum absolute atomic E-state index is 0.0791. The summed E-state index contributed by atoms with van der Waals surface area (Å²) in [5, 5.41) is 0. The highest BCUT2D eigenvalue weighted by Gasteiger charge is 2.31. The summed E-state index contributed by atoms with van der Waals surface area (Å²) < 4.78 is 43.1. The topological polar surface area (TPSA) is 58.8 Å². The van der Waals surface area contributed by atoms with Gasteiger partial charge in [0, 0.05) is 32.3 Å². The molecule has 1 aromatic carbocycles. The second kappa shape index (κ2) is 9.91. The third-order valence-corrected chi connectivity index (χ3v) is 5.85. The van der Waals surface area contributed by atoms with Crippen LogP contribution in [-0.4, -0.2) is 61.1 Å². The van der Waals surface area contributed by atoms with Crippen molar-refractivity contribution in [1.82, 2.24) is 9.80 Å². The minimum atomic E-state index is -4.33. The number of hydrogen-bond donors (Lipinski definition) is 1. The Kier molecular flexibility index (Phi) is 7.54. The van der Waals surface area contributed by atoms with E-state index >= 15 is 0 Å². The average Bonchev–Trinajstić information content (AvgIpc) is 3.22. The number of hydrogen-bond acceptors (Lipinski definition) is 4. The van der Waals surface area contributed by atoms with Crippen LogP contribution in [0.2, 0.25) is 0 Å². The van der Waals surface area contributed by atoms with Crippen LogP contribution in [0.3, 0.4) is 0 Å². The van der Waals surface area contributed by atoms with E-state index in [1.54, 1.807) is 4.90 Å². The molecule has 5 nitrogen and oxygen atoms in total. The van der Waals surface area contributed by atoms with Gasteiger partial charge in [0.1, 0.15) is 0 Å². The highest BCUT2D eigenvalue weighted by atomic mass is 19.4. The first-order valence-corrected chi connectivity index (χ1v) is 10.3. The molecule has 3 heterocycles. The molecule has 1 amide bonds. The van der Waals surface area contributed by atoms with Crippen molar-refractivity contribution in [2.45, 2.75) is 50.9 Å². The molecule has 0 bridgehead atoms. The largest absolute Gasteiger partial charge is 0.416 e. The fraction of sp³-hybridized carbons (Fsp3) is 0.667. The van der Waals surface area contributed by atoms with Crippen LogP contribution >= 0.6 is 0 Å². The monoisotopic (exact) mass is 413 g/mol.